The average molecular weight is 327 g/mol. The van der Waals surface area contributed by atoms with Crippen molar-refractivity contribution in [3.63, 3.8) is 0 Å². The molecule has 0 atom stereocenters. The van der Waals surface area contributed by atoms with Crippen LogP contribution < -0.4 is 5.32 Å². The summed E-state index contributed by atoms with van der Waals surface area (Å²) in [4.78, 5) is 2.50. The fourth-order valence-corrected chi connectivity index (χ4v) is 8.36. The van der Waals surface area contributed by atoms with Gasteiger partial charge in [-0.2, -0.15) is 0 Å². The molecule has 0 amide bonds. The summed E-state index contributed by atoms with van der Waals surface area (Å²) in [6.07, 6.45) is 3.92. The van der Waals surface area contributed by atoms with E-state index < -0.39 is 0 Å². The molecular formula is C19H39N2P. The second kappa shape index (κ2) is 8.15. The molecule has 0 saturated heterocycles. The third-order valence-electron chi connectivity index (χ3n) is 4.46. The van der Waals surface area contributed by atoms with E-state index >= 15 is 0 Å². The Morgan fingerprint density at radius 1 is 0.955 bits per heavy atom. The highest BCUT2D eigenvalue weighted by Crippen LogP contribution is 2.67. The summed E-state index contributed by atoms with van der Waals surface area (Å²) in [5.74, 6) is 0. The van der Waals surface area contributed by atoms with Crippen molar-refractivity contribution in [2.75, 3.05) is 26.2 Å². The van der Waals surface area contributed by atoms with E-state index in [1.807, 2.05) is 0 Å². The van der Waals surface area contributed by atoms with Crippen molar-refractivity contribution in [1.82, 2.24) is 10.2 Å². The van der Waals surface area contributed by atoms with Gasteiger partial charge in [0.1, 0.15) is 0 Å². The molecule has 22 heavy (non-hydrogen) atoms. The van der Waals surface area contributed by atoms with Gasteiger partial charge in [-0.25, -0.2) is 0 Å². The van der Waals surface area contributed by atoms with Crippen LogP contribution in [0, 0.1) is 0 Å². The van der Waals surface area contributed by atoms with E-state index in [9.17, 15) is 0 Å². The number of hydrogen-bond donors (Lipinski definition) is 1. The van der Waals surface area contributed by atoms with Crippen LogP contribution in [0.4, 0.5) is 0 Å². The van der Waals surface area contributed by atoms with Crippen LogP contribution in [0.5, 0.6) is 0 Å². The topological polar surface area (TPSA) is 15.3 Å². The Labute approximate surface area is 140 Å². The molecule has 0 radical (unpaired) electrons. The van der Waals surface area contributed by atoms with E-state index in [2.05, 4.69) is 65.6 Å². The van der Waals surface area contributed by atoms with Gasteiger partial charge in [0.2, 0.25) is 0 Å². The Morgan fingerprint density at radius 3 is 1.95 bits per heavy atom. The van der Waals surface area contributed by atoms with E-state index in [0.717, 1.165) is 26.2 Å². The Kier molecular flexibility index (Phi) is 7.40. The normalized spacial score (nSPS) is 17.0. The number of allylic oxidation sites excluding steroid dienone is 2. The number of likely N-dealkylation sites (N-methyl/N-ethyl adjacent to an activating group) is 1. The first-order valence-corrected chi connectivity index (χ1v) is 10.4. The highest BCUT2D eigenvalue weighted by molar-refractivity contribution is 7.65. The van der Waals surface area contributed by atoms with Crippen LogP contribution in [0.1, 0.15) is 74.7 Å². The van der Waals surface area contributed by atoms with Gasteiger partial charge in [0.05, 0.1) is 0 Å². The molecule has 0 fully saturated rings. The number of nitrogens with one attached hydrogen (secondary N) is 1. The third-order valence-corrected chi connectivity index (χ3v) is 8.18. The summed E-state index contributed by atoms with van der Waals surface area (Å²) < 4.78 is 0. The molecule has 0 unspecified atom stereocenters. The van der Waals surface area contributed by atoms with Crippen LogP contribution in [0.15, 0.2) is 11.0 Å². The standard InChI is InChI=1S/C19H39N2P/c1-9-21(10-2)15-14-20-16-12-11-13-17(16)22(18(3,4)5)19(6,7)8/h20H,9-15H2,1-8H3. The van der Waals surface area contributed by atoms with Gasteiger partial charge in [0.15, 0.2) is 0 Å². The predicted molar refractivity (Wildman–Crippen MR) is 103 cm³/mol. The zero-order chi connectivity index (χ0) is 17.0. The largest absolute Gasteiger partial charge is 0.387 e. The van der Waals surface area contributed by atoms with Gasteiger partial charge in [0, 0.05) is 18.8 Å². The van der Waals surface area contributed by atoms with Crippen molar-refractivity contribution < 1.29 is 0 Å². The van der Waals surface area contributed by atoms with Gasteiger partial charge >= 0.3 is 0 Å². The molecule has 2 nitrogen and oxygen atoms in total. The van der Waals surface area contributed by atoms with E-state index in [1.54, 1.807) is 11.0 Å². The lowest BCUT2D eigenvalue weighted by Crippen LogP contribution is -2.32. The molecule has 1 aliphatic carbocycles. The van der Waals surface area contributed by atoms with Gasteiger partial charge in [-0.15, -0.1) is 0 Å². The maximum atomic E-state index is 3.81. The summed E-state index contributed by atoms with van der Waals surface area (Å²) in [6, 6.07) is 0. The first-order chi connectivity index (χ1) is 10.1. The van der Waals surface area contributed by atoms with Crippen LogP contribution in [0.3, 0.4) is 0 Å². The number of rotatable bonds is 7. The predicted octanol–water partition coefficient (Wildman–Crippen LogP) is 5.39. The van der Waals surface area contributed by atoms with E-state index in [-0.39, 0.29) is 7.92 Å². The minimum Gasteiger partial charge on any atom is -0.387 e. The van der Waals surface area contributed by atoms with Gasteiger partial charge in [-0.05, 0) is 48.0 Å². The summed E-state index contributed by atoms with van der Waals surface area (Å²) in [5, 5.41) is 6.36. The SMILES string of the molecule is CCN(CC)CCNC1=C(P(C(C)(C)C)C(C)(C)C)CCC1. The molecule has 0 saturated carbocycles. The molecule has 1 N–H and O–H groups in total. The maximum Gasteiger partial charge on any atom is 0.0271 e. The summed E-state index contributed by atoms with van der Waals surface area (Å²) in [5.41, 5.74) is 1.59. The molecule has 130 valence electrons. The molecule has 0 aliphatic heterocycles. The lowest BCUT2D eigenvalue weighted by atomic mass is 10.2. The van der Waals surface area contributed by atoms with Crippen molar-refractivity contribution in [2.24, 2.45) is 0 Å². The molecule has 0 heterocycles. The summed E-state index contributed by atoms with van der Waals surface area (Å²) in [6.45, 7) is 23.7. The monoisotopic (exact) mass is 326 g/mol. The fraction of sp³-hybridized carbons (Fsp3) is 0.895. The van der Waals surface area contributed by atoms with Crippen LogP contribution in [-0.4, -0.2) is 41.4 Å². The van der Waals surface area contributed by atoms with Crippen molar-refractivity contribution in [2.45, 2.75) is 85.0 Å². The zero-order valence-electron chi connectivity index (χ0n) is 16.3. The molecule has 3 heteroatoms. The Hall–Kier alpha value is -0.0700. The molecule has 0 aromatic carbocycles. The molecule has 0 aromatic heterocycles. The van der Waals surface area contributed by atoms with Crippen LogP contribution in [0.2, 0.25) is 0 Å². The lowest BCUT2D eigenvalue weighted by Gasteiger charge is -2.43. The van der Waals surface area contributed by atoms with Crippen LogP contribution in [0.25, 0.3) is 0 Å². The molecule has 1 aliphatic rings. The van der Waals surface area contributed by atoms with E-state index in [1.165, 1.54) is 19.3 Å². The molecular weight excluding hydrogens is 287 g/mol. The molecule has 0 bridgehead atoms. The van der Waals surface area contributed by atoms with Crippen LogP contribution in [-0.2, 0) is 0 Å². The molecule has 1 rings (SSSR count). The minimum absolute atomic E-state index is 0.119. The second-order valence-electron chi connectivity index (χ2n) is 8.41. The number of hydrogen-bond acceptors (Lipinski definition) is 2. The Balaban J connectivity index is 2.84. The first-order valence-electron chi connectivity index (χ1n) is 9.09. The van der Waals surface area contributed by atoms with Gasteiger partial charge in [-0.1, -0.05) is 63.3 Å². The van der Waals surface area contributed by atoms with E-state index in [0.29, 0.717) is 10.3 Å². The summed E-state index contributed by atoms with van der Waals surface area (Å²) in [7, 11) is -0.119. The second-order valence-corrected chi connectivity index (χ2v) is 12.3. The first kappa shape index (κ1) is 20.0. The maximum absolute atomic E-state index is 3.81. The van der Waals surface area contributed by atoms with Crippen molar-refractivity contribution in [1.29, 1.82) is 0 Å². The minimum atomic E-state index is -0.119. The zero-order valence-corrected chi connectivity index (χ0v) is 17.2. The summed E-state index contributed by atoms with van der Waals surface area (Å²) >= 11 is 0. The van der Waals surface area contributed by atoms with Crippen LogP contribution >= 0.6 is 7.92 Å². The van der Waals surface area contributed by atoms with Crippen molar-refractivity contribution in [3.8, 4) is 0 Å². The lowest BCUT2D eigenvalue weighted by molar-refractivity contribution is 0.305. The smallest absolute Gasteiger partial charge is 0.0271 e. The number of nitrogens with zero attached hydrogens (tertiary/aromatic N) is 1. The quantitative estimate of drug-likeness (QED) is 0.631. The third kappa shape index (κ3) is 5.53. The molecule has 0 spiro atoms. The highest BCUT2D eigenvalue weighted by Gasteiger charge is 2.39. The Morgan fingerprint density at radius 2 is 1.50 bits per heavy atom. The van der Waals surface area contributed by atoms with Gasteiger partial charge < -0.3 is 10.2 Å². The van der Waals surface area contributed by atoms with Crippen molar-refractivity contribution >= 4 is 7.92 Å². The molecule has 0 aromatic rings. The highest BCUT2D eigenvalue weighted by atomic mass is 31.1. The van der Waals surface area contributed by atoms with Gasteiger partial charge in [-0.3, -0.25) is 0 Å². The average Bonchev–Trinajstić information content (AvgIpc) is 2.79. The Bertz CT molecular complexity index is 356. The van der Waals surface area contributed by atoms with E-state index in [4.69, 9.17) is 0 Å². The fourth-order valence-electron chi connectivity index (χ4n) is 3.89. The van der Waals surface area contributed by atoms with Crippen molar-refractivity contribution in [3.05, 3.63) is 11.0 Å². The van der Waals surface area contributed by atoms with Gasteiger partial charge in [0.25, 0.3) is 0 Å².